The predicted octanol–water partition coefficient (Wildman–Crippen LogP) is 2.24. The van der Waals surface area contributed by atoms with Crippen LogP contribution in [-0.4, -0.2) is 36.5 Å². The fourth-order valence-electron chi connectivity index (χ4n) is 1.84. The molecule has 2 rings (SSSR count). The number of amides is 1. The molecule has 1 saturated heterocycles. The second kappa shape index (κ2) is 5.62. The monoisotopic (exact) mass is 251 g/mol. The Balaban J connectivity index is 1.78. The number of carbonyl (C=O) groups excluding carboxylic acids is 2. The molecule has 96 valence electrons. The largest absolute Gasteiger partial charge is 0.448 e. The molecule has 1 fully saturated rings. The van der Waals surface area contributed by atoms with Crippen molar-refractivity contribution in [2.45, 2.75) is 12.8 Å². The van der Waals surface area contributed by atoms with Crippen molar-refractivity contribution in [3.63, 3.8) is 0 Å². The molecule has 0 aromatic heterocycles. The highest BCUT2D eigenvalue weighted by molar-refractivity contribution is 5.95. The molecule has 4 nitrogen and oxygen atoms in total. The number of halogens is 1. The molecule has 0 saturated carbocycles. The smallest absolute Gasteiger partial charge is 0.409 e. The second-order valence-electron chi connectivity index (χ2n) is 4.14. The Labute approximate surface area is 104 Å². The van der Waals surface area contributed by atoms with Crippen LogP contribution in [0.5, 0.6) is 0 Å². The Morgan fingerprint density at radius 2 is 2.06 bits per heavy atom. The van der Waals surface area contributed by atoms with Crippen molar-refractivity contribution in [3.05, 3.63) is 35.6 Å². The molecule has 0 spiro atoms. The van der Waals surface area contributed by atoms with E-state index in [0.29, 0.717) is 38.1 Å². The number of benzene rings is 1. The van der Waals surface area contributed by atoms with Gasteiger partial charge in [-0.2, -0.15) is 0 Å². The van der Waals surface area contributed by atoms with Gasteiger partial charge >= 0.3 is 6.09 Å². The van der Waals surface area contributed by atoms with Gasteiger partial charge in [0.15, 0.2) is 5.78 Å². The lowest BCUT2D eigenvalue weighted by molar-refractivity contribution is 0.0975. The number of hydrogen-bond donors (Lipinski definition) is 0. The van der Waals surface area contributed by atoms with E-state index in [1.165, 1.54) is 24.3 Å². The van der Waals surface area contributed by atoms with E-state index in [4.69, 9.17) is 4.74 Å². The molecule has 0 bridgehead atoms. The summed E-state index contributed by atoms with van der Waals surface area (Å²) in [6, 6.07) is 5.49. The molecule has 5 heteroatoms. The Bertz CT molecular complexity index is 444. The van der Waals surface area contributed by atoms with Crippen LogP contribution in [0, 0.1) is 5.82 Å². The Morgan fingerprint density at radius 1 is 1.33 bits per heavy atom. The number of ether oxygens (including phenoxy) is 1. The summed E-state index contributed by atoms with van der Waals surface area (Å²) < 4.78 is 17.5. The van der Waals surface area contributed by atoms with Crippen molar-refractivity contribution < 1.29 is 18.7 Å². The minimum absolute atomic E-state index is 0.0393. The maximum Gasteiger partial charge on any atom is 0.409 e. The lowest BCUT2D eigenvalue weighted by atomic mass is 10.1. The van der Waals surface area contributed by atoms with E-state index in [9.17, 15) is 14.0 Å². The lowest BCUT2D eigenvalue weighted by Gasteiger charge is -2.11. The van der Waals surface area contributed by atoms with E-state index in [1.54, 1.807) is 4.90 Å². The summed E-state index contributed by atoms with van der Waals surface area (Å²) in [6.07, 6.45) is 0.616. The normalized spacial score (nSPS) is 14.7. The number of Topliss-reactive ketones (excluding diaryl/α,β-unsaturated/α-hetero) is 1. The zero-order chi connectivity index (χ0) is 13.0. The molecule has 0 aliphatic carbocycles. The van der Waals surface area contributed by atoms with Crippen molar-refractivity contribution in [2.24, 2.45) is 0 Å². The first-order valence-electron chi connectivity index (χ1n) is 5.87. The van der Waals surface area contributed by atoms with Crippen LogP contribution in [0.1, 0.15) is 23.2 Å². The van der Waals surface area contributed by atoms with Crippen LogP contribution in [0.4, 0.5) is 9.18 Å². The molecule has 0 N–H and O–H groups in total. The van der Waals surface area contributed by atoms with Gasteiger partial charge in [-0.25, -0.2) is 9.18 Å². The van der Waals surface area contributed by atoms with Gasteiger partial charge in [0.2, 0.25) is 0 Å². The molecule has 0 radical (unpaired) electrons. The van der Waals surface area contributed by atoms with Gasteiger partial charge in [0.25, 0.3) is 0 Å². The van der Waals surface area contributed by atoms with Gasteiger partial charge in [-0.1, -0.05) is 0 Å². The van der Waals surface area contributed by atoms with E-state index in [0.717, 1.165) is 0 Å². The summed E-state index contributed by atoms with van der Waals surface area (Å²) in [5.74, 6) is -0.395. The van der Waals surface area contributed by atoms with Gasteiger partial charge in [0.1, 0.15) is 12.4 Å². The second-order valence-corrected chi connectivity index (χ2v) is 4.14. The molecule has 1 heterocycles. The predicted molar refractivity (Wildman–Crippen MR) is 62.9 cm³/mol. The average molecular weight is 251 g/mol. The van der Waals surface area contributed by atoms with Crippen molar-refractivity contribution in [3.8, 4) is 0 Å². The van der Waals surface area contributed by atoms with Crippen LogP contribution >= 0.6 is 0 Å². The first-order valence-corrected chi connectivity index (χ1v) is 5.87. The van der Waals surface area contributed by atoms with E-state index < -0.39 is 0 Å². The van der Waals surface area contributed by atoms with Crippen LogP contribution in [0.3, 0.4) is 0 Å². The van der Waals surface area contributed by atoms with Gasteiger partial charge in [-0.3, -0.25) is 4.79 Å². The molecular formula is C13H14FNO3. The van der Waals surface area contributed by atoms with Crippen LogP contribution in [0.25, 0.3) is 0 Å². The van der Waals surface area contributed by atoms with Crippen molar-refractivity contribution in [1.29, 1.82) is 0 Å². The fourth-order valence-corrected chi connectivity index (χ4v) is 1.84. The number of carbonyl (C=O) groups is 2. The molecule has 0 atom stereocenters. The van der Waals surface area contributed by atoms with Crippen LogP contribution in [-0.2, 0) is 4.74 Å². The molecule has 1 aliphatic rings. The zero-order valence-electron chi connectivity index (χ0n) is 9.89. The van der Waals surface area contributed by atoms with Gasteiger partial charge < -0.3 is 9.64 Å². The van der Waals surface area contributed by atoms with Gasteiger partial charge in [-0.05, 0) is 30.7 Å². The minimum atomic E-state index is -0.355. The molecule has 1 amide bonds. The van der Waals surface area contributed by atoms with E-state index >= 15 is 0 Å². The number of hydrogen-bond acceptors (Lipinski definition) is 3. The third-order valence-electron chi connectivity index (χ3n) is 2.84. The van der Waals surface area contributed by atoms with Gasteiger partial charge in [0.05, 0.1) is 6.54 Å². The molecular weight excluding hydrogens is 237 g/mol. The van der Waals surface area contributed by atoms with Crippen molar-refractivity contribution in [1.82, 2.24) is 4.90 Å². The molecule has 1 aromatic carbocycles. The quantitative estimate of drug-likeness (QED) is 0.754. The summed E-state index contributed by atoms with van der Waals surface area (Å²) >= 11 is 0. The first-order chi connectivity index (χ1) is 8.66. The SMILES string of the molecule is O=C(CCCN1CCOC1=O)c1ccc(F)cc1. The maximum atomic E-state index is 12.7. The summed E-state index contributed by atoms with van der Waals surface area (Å²) in [7, 11) is 0. The standard InChI is InChI=1S/C13H14FNO3/c14-11-5-3-10(4-6-11)12(16)2-1-7-15-8-9-18-13(15)17/h3-6H,1-2,7-9H2. The summed E-state index contributed by atoms with van der Waals surface area (Å²) in [5.41, 5.74) is 0.500. The highest BCUT2D eigenvalue weighted by Crippen LogP contribution is 2.09. The van der Waals surface area contributed by atoms with Gasteiger partial charge in [0, 0.05) is 18.5 Å². The van der Waals surface area contributed by atoms with E-state index in [1.807, 2.05) is 0 Å². The molecule has 1 aliphatic heterocycles. The summed E-state index contributed by atoms with van der Waals surface area (Å²) in [6.45, 7) is 1.53. The highest BCUT2D eigenvalue weighted by atomic mass is 19.1. The highest BCUT2D eigenvalue weighted by Gasteiger charge is 2.21. The maximum absolute atomic E-state index is 12.7. The Morgan fingerprint density at radius 3 is 2.67 bits per heavy atom. The number of ketones is 1. The Hall–Kier alpha value is -1.91. The van der Waals surface area contributed by atoms with Crippen molar-refractivity contribution >= 4 is 11.9 Å². The summed E-state index contributed by atoms with van der Waals surface area (Å²) in [4.78, 5) is 24.5. The molecule has 1 aromatic rings. The third kappa shape index (κ3) is 3.06. The third-order valence-corrected chi connectivity index (χ3v) is 2.84. The number of cyclic esters (lactones) is 1. The van der Waals surface area contributed by atoms with Crippen LogP contribution in [0.15, 0.2) is 24.3 Å². The average Bonchev–Trinajstić information content (AvgIpc) is 2.76. The summed E-state index contributed by atoms with van der Waals surface area (Å²) in [5, 5.41) is 0. The lowest BCUT2D eigenvalue weighted by Crippen LogP contribution is -2.25. The zero-order valence-corrected chi connectivity index (χ0v) is 9.89. The van der Waals surface area contributed by atoms with Crippen LogP contribution in [0.2, 0.25) is 0 Å². The van der Waals surface area contributed by atoms with Crippen LogP contribution < -0.4 is 0 Å². The fraction of sp³-hybridized carbons (Fsp3) is 0.385. The number of nitrogens with zero attached hydrogens (tertiary/aromatic N) is 1. The topological polar surface area (TPSA) is 46.6 Å². The molecule has 18 heavy (non-hydrogen) atoms. The Kier molecular flexibility index (Phi) is 3.92. The minimum Gasteiger partial charge on any atom is -0.448 e. The van der Waals surface area contributed by atoms with Gasteiger partial charge in [-0.15, -0.1) is 0 Å². The number of rotatable bonds is 5. The first kappa shape index (κ1) is 12.5. The van der Waals surface area contributed by atoms with E-state index in [-0.39, 0.29) is 17.7 Å². The van der Waals surface area contributed by atoms with Crippen molar-refractivity contribution in [2.75, 3.05) is 19.7 Å². The van der Waals surface area contributed by atoms with E-state index in [2.05, 4.69) is 0 Å². The molecule has 0 unspecified atom stereocenters.